The Morgan fingerprint density at radius 3 is 1.86 bits per heavy atom. The third-order valence-corrected chi connectivity index (χ3v) is 6.00. The number of nitrogens with one attached hydrogen (secondary N) is 1. The van der Waals surface area contributed by atoms with Crippen LogP contribution in [0.2, 0.25) is 0 Å². The summed E-state index contributed by atoms with van der Waals surface area (Å²) in [6.07, 6.45) is -4.63. The zero-order chi connectivity index (χ0) is 21.5. The number of halogens is 3. The highest BCUT2D eigenvalue weighted by molar-refractivity contribution is 7.92. The zero-order valence-corrected chi connectivity index (χ0v) is 17.5. The van der Waals surface area contributed by atoms with Crippen LogP contribution in [-0.4, -0.2) is 15.5 Å². The Kier molecular flexibility index (Phi) is 5.76. The second kappa shape index (κ2) is 7.31. The van der Waals surface area contributed by atoms with Crippen molar-refractivity contribution in [2.75, 3.05) is 11.8 Å². The fourth-order valence-electron chi connectivity index (χ4n) is 2.95. The highest BCUT2D eigenvalue weighted by Gasteiger charge is 2.32. The second-order valence-electron chi connectivity index (χ2n) is 7.74. The van der Waals surface area contributed by atoms with Gasteiger partial charge in [-0.15, -0.1) is 0 Å². The number of hydrogen-bond donors (Lipinski definition) is 1. The quantitative estimate of drug-likeness (QED) is 0.725. The van der Waals surface area contributed by atoms with E-state index < -0.39 is 21.8 Å². The van der Waals surface area contributed by atoms with E-state index in [1.165, 1.54) is 13.2 Å². The molecule has 28 heavy (non-hydrogen) atoms. The van der Waals surface area contributed by atoms with Gasteiger partial charge in [-0.1, -0.05) is 32.9 Å². The molecule has 0 fully saturated rings. The Hall–Kier alpha value is -2.22. The van der Waals surface area contributed by atoms with Gasteiger partial charge in [0.05, 0.1) is 23.3 Å². The molecule has 0 aliphatic carbocycles. The van der Waals surface area contributed by atoms with Crippen LogP contribution in [0, 0.1) is 13.8 Å². The molecule has 0 radical (unpaired) electrons. The largest absolute Gasteiger partial charge is 0.497 e. The molecule has 1 N–H and O–H groups in total. The molecular weight excluding hydrogens is 391 g/mol. The zero-order valence-electron chi connectivity index (χ0n) is 16.7. The van der Waals surface area contributed by atoms with Gasteiger partial charge in [0.25, 0.3) is 10.0 Å². The summed E-state index contributed by atoms with van der Waals surface area (Å²) in [7, 11) is -2.88. The molecule has 0 amide bonds. The monoisotopic (exact) mass is 415 g/mol. The van der Waals surface area contributed by atoms with E-state index >= 15 is 0 Å². The highest BCUT2D eigenvalue weighted by atomic mass is 32.2. The average molecular weight is 415 g/mol. The number of anilines is 1. The van der Waals surface area contributed by atoms with E-state index in [2.05, 4.69) is 4.72 Å². The summed E-state index contributed by atoms with van der Waals surface area (Å²) in [6, 6.07) is 6.34. The van der Waals surface area contributed by atoms with Gasteiger partial charge in [0, 0.05) is 6.07 Å². The number of benzene rings is 2. The van der Waals surface area contributed by atoms with Gasteiger partial charge in [-0.25, -0.2) is 8.42 Å². The van der Waals surface area contributed by atoms with Crippen LogP contribution in [0.25, 0.3) is 0 Å². The minimum absolute atomic E-state index is 0.0527. The normalized spacial score (nSPS) is 12.8. The van der Waals surface area contributed by atoms with Crippen LogP contribution in [0.3, 0.4) is 0 Å². The lowest BCUT2D eigenvalue weighted by atomic mass is 9.85. The van der Waals surface area contributed by atoms with E-state index in [0.717, 1.165) is 17.7 Å². The summed E-state index contributed by atoms with van der Waals surface area (Å²) in [5.74, 6) is -0.0935. The minimum atomic E-state index is -4.63. The highest BCUT2D eigenvalue weighted by Crippen LogP contribution is 2.35. The van der Waals surface area contributed by atoms with Crippen LogP contribution in [0.15, 0.2) is 35.2 Å². The first-order valence-corrected chi connectivity index (χ1v) is 10.0. The van der Waals surface area contributed by atoms with Crippen molar-refractivity contribution in [1.82, 2.24) is 0 Å². The SMILES string of the molecule is COc1cc(NS(=O)(=O)c2c(C)cc(C(C)(C)C)cc2C)cc(C(F)(F)F)c1. The van der Waals surface area contributed by atoms with Gasteiger partial charge in [0.15, 0.2) is 0 Å². The molecule has 0 spiro atoms. The second-order valence-corrected chi connectivity index (χ2v) is 9.36. The number of methoxy groups -OCH3 is 1. The Bertz CT molecular complexity index is 968. The van der Waals surface area contributed by atoms with E-state index in [9.17, 15) is 21.6 Å². The van der Waals surface area contributed by atoms with Gasteiger partial charge < -0.3 is 4.74 Å². The van der Waals surface area contributed by atoms with Crippen molar-refractivity contribution in [3.63, 3.8) is 0 Å². The van der Waals surface area contributed by atoms with E-state index in [4.69, 9.17) is 4.74 Å². The number of sulfonamides is 1. The lowest BCUT2D eigenvalue weighted by molar-refractivity contribution is -0.137. The van der Waals surface area contributed by atoms with Crippen LogP contribution in [0.4, 0.5) is 18.9 Å². The van der Waals surface area contributed by atoms with Crippen molar-refractivity contribution in [1.29, 1.82) is 0 Å². The molecule has 0 saturated heterocycles. The van der Waals surface area contributed by atoms with E-state index in [-0.39, 0.29) is 21.7 Å². The van der Waals surface area contributed by atoms with Gasteiger partial charge in [-0.2, -0.15) is 13.2 Å². The molecule has 0 saturated carbocycles. The first kappa shape index (κ1) is 22.1. The predicted molar refractivity (Wildman–Crippen MR) is 103 cm³/mol. The van der Waals surface area contributed by atoms with E-state index in [0.29, 0.717) is 11.1 Å². The third-order valence-electron chi connectivity index (χ3n) is 4.32. The van der Waals surface area contributed by atoms with E-state index in [1.54, 1.807) is 26.0 Å². The molecule has 8 heteroatoms. The summed E-state index contributed by atoms with van der Waals surface area (Å²) in [5.41, 5.74) is 0.640. The fraction of sp³-hybridized carbons (Fsp3) is 0.400. The lowest BCUT2D eigenvalue weighted by Gasteiger charge is -2.22. The molecule has 154 valence electrons. The molecule has 0 aromatic heterocycles. The summed E-state index contributed by atoms with van der Waals surface area (Å²) >= 11 is 0. The van der Waals surface area contributed by atoms with Crippen molar-refractivity contribution in [2.45, 2.75) is 51.1 Å². The summed E-state index contributed by atoms with van der Waals surface area (Å²) in [6.45, 7) is 9.39. The third kappa shape index (κ3) is 4.79. The number of aryl methyl sites for hydroxylation is 2. The van der Waals surface area contributed by atoms with Gasteiger partial charge >= 0.3 is 6.18 Å². The van der Waals surface area contributed by atoms with Crippen LogP contribution in [0.1, 0.15) is 43.0 Å². The van der Waals surface area contributed by atoms with Crippen molar-refractivity contribution in [2.24, 2.45) is 0 Å². The van der Waals surface area contributed by atoms with Crippen molar-refractivity contribution in [3.8, 4) is 5.75 Å². The first-order chi connectivity index (χ1) is 12.6. The molecule has 0 heterocycles. The van der Waals surface area contributed by atoms with E-state index in [1.807, 2.05) is 20.8 Å². The molecule has 0 aliphatic rings. The standard InChI is InChI=1S/C20H24F3NO3S/c1-12-7-14(19(3,4)5)8-13(2)18(12)28(25,26)24-16-9-15(20(21,22)23)10-17(11-16)27-6/h7-11,24H,1-6H3. The summed E-state index contributed by atoms with van der Waals surface area (Å²) in [5, 5.41) is 0. The van der Waals surface area contributed by atoms with Gasteiger partial charge in [0.1, 0.15) is 5.75 Å². The maximum absolute atomic E-state index is 13.1. The lowest BCUT2D eigenvalue weighted by Crippen LogP contribution is -2.18. The smallest absolute Gasteiger partial charge is 0.416 e. The van der Waals surface area contributed by atoms with Crippen LogP contribution in [-0.2, 0) is 21.6 Å². The Labute approximate surface area is 163 Å². The molecule has 2 rings (SSSR count). The van der Waals surface area contributed by atoms with Crippen LogP contribution < -0.4 is 9.46 Å². The minimum Gasteiger partial charge on any atom is -0.497 e. The molecule has 4 nitrogen and oxygen atoms in total. The molecule has 0 unspecified atom stereocenters. The topological polar surface area (TPSA) is 55.4 Å². The molecule has 2 aromatic rings. The molecule has 2 aromatic carbocycles. The maximum atomic E-state index is 13.1. The number of hydrogen-bond acceptors (Lipinski definition) is 3. The Morgan fingerprint density at radius 2 is 1.43 bits per heavy atom. The van der Waals surface area contributed by atoms with Crippen molar-refractivity contribution >= 4 is 15.7 Å². The predicted octanol–water partition coefficient (Wildman–Crippen LogP) is 5.43. The first-order valence-electron chi connectivity index (χ1n) is 8.56. The molecular formula is C20H24F3NO3S. The van der Waals surface area contributed by atoms with Crippen molar-refractivity contribution < 1.29 is 26.3 Å². The molecule has 0 atom stereocenters. The fourth-order valence-corrected chi connectivity index (χ4v) is 4.45. The Balaban J connectivity index is 2.53. The van der Waals surface area contributed by atoms with Crippen LogP contribution in [0.5, 0.6) is 5.75 Å². The van der Waals surface area contributed by atoms with Crippen molar-refractivity contribution in [3.05, 3.63) is 52.6 Å². The van der Waals surface area contributed by atoms with Gasteiger partial charge in [-0.05, 0) is 48.1 Å². The molecule has 0 aliphatic heterocycles. The summed E-state index contributed by atoms with van der Waals surface area (Å²) < 4.78 is 72.3. The molecule has 0 bridgehead atoms. The van der Waals surface area contributed by atoms with Gasteiger partial charge in [0.2, 0.25) is 0 Å². The maximum Gasteiger partial charge on any atom is 0.416 e. The van der Waals surface area contributed by atoms with Crippen LogP contribution >= 0.6 is 0 Å². The average Bonchev–Trinajstić information content (AvgIpc) is 2.51. The number of rotatable bonds is 4. The summed E-state index contributed by atoms with van der Waals surface area (Å²) in [4.78, 5) is 0.0527. The Morgan fingerprint density at radius 1 is 0.893 bits per heavy atom. The van der Waals surface area contributed by atoms with Gasteiger partial charge in [-0.3, -0.25) is 4.72 Å². The number of alkyl halides is 3. The number of ether oxygens (including phenoxy) is 1.